The van der Waals surface area contributed by atoms with Gasteiger partial charge in [-0.3, -0.25) is 19.3 Å². The average Bonchev–Trinajstić information content (AvgIpc) is 1.08. The molecule has 0 aliphatic carbocycles. The Hall–Kier alpha value is -9.46. The number of imide groups is 1. The number of fused-ring (bicyclic) bond motifs is 1. The summed E-state index contributed by atoms with van der Waals surface area (Å²) in [4.78, 5) is 62.0. The van der Waals surface area contributed by atoms with Crippen molar-refractivity contribution in [1.29, 1.82) is 0 Å². The van der Waals surface area contributed by atoms with Gasteiger partial charge in [-0.25, -0.2) is 4.79 Å². The van der Waals surface area contributed by atoms with E-state index in [1.807, 2.05) is 219 Å². The lowest BCUT2D eigenvalue weighted by Crippen LogP contribution is -2.71. The molecule has 0 N–H and O–H groups in total. The Balaban J connectivity index is 0.957. The molecule has 4 aliphatic rings. The van der Waals surface area contributed by atoms with E-state index >= 15 is 14.4 Å². The van der Waals surface area contributed by atoms with E-state index in [1.165, 1.54) is 14.0 Å². The molecule has 0 unspecified atom stereocenters. The van der Waals surface area contributed by atoms with Gasteiger partial charge in [-0.2, -0.15) is 0 Å². The predicted molar refractivity (Wildman–Crippen MR) is 388 cm³/mol. The third-order valence-corrected chi connectivity index (χ3v) is 18.9. The van der Waals surface area contributed by atoms with Gasteiger partial charge < -0.3 is 71.1 Å². The highest BCUT2D eigenvalue weighted by molar-refractivity contribution is 6.21. The number of amides is 2. The molecular weight excluding hydrogens is 1350 g/mol. The molecule has 9 aromatic rings. The van der Waals surface area contributed by atoms with Gasteiger partial charge in [-0.1, -0.05) is 242 Å². The van der Waals surface area contributed by atoms with Crippen LogP contribution in [0.5, 0.6) is 0 Å². The van der Waals surface area contributed by atoms with E-state index in [0.29, 0.717) is 0 Å². The maximum absolute atomic E-state index is 15.7. The topological polar surface area (TPSA) is 210 Å². The number of aryl methyl sites for hydroxylation is 1. The quantitative estimate of drug-likeness (QED) is 0.0276. The van der Waals surface area contributed by atoms with Gasteiger partial charge in [0.2, 0.25) is 0 Å². The minimum Gasteiger partial charge on any atom is -0.457 e. The van der Waals surface area contributed by atoms with E-state index in [4.69, 9.17) is 71.1 Å². The molecule has 4 aliphatic heterocycles. The number of benzene rings is 9. The third kappa shape index (κ3) is 19.2. The molecule has 0 bridgehead atoms. The van der Waals surface area contributed by atoms with Crippen LogP contribution in [0.2, 0.25) is 0 Å². The van der Waals surface area contributed by atoms with Gasteiger partial charge in [-0.05, 0) is 70.1 Å². The van der Waals surface area contributed by atoms with Gasteiger partial charge in [0.25, 0.3) is 11.8 Å². The molecule has 9 aromatic carbocycles. The van der Waals surface area contributed by atoms with Crippen LogP contribution in [0.3, 0.4) is 0 Å². The maximum atomic E-state index is 15.7. The highest BCUT2D eigenvalue weighted by Gasteiger charge is 2.61. The van der Waals surface area contributed by atoms with Gasteiger partial charge in [0.05, 0.1) is 82.8 Å². The van der Waals surface area contributed by atoms with Gasteiger partial charge >= 0.3 is 11.9 Å². The lowest BCUT2D eigenvalue weighted by Gasteiger charge is -2.52. The van der Waals surface area contributed by atoms with Crippen LogP contribution in [-0.4, -0.2) is 148 Å². The van der Waals surface area contributed by atoms with Crippen LogP contribution in [0.15, 0.2) is 261 Å². The normalized spacial score (nSPS) is 25.0. The minimum absolute atomic E-state index is 0.0126. The summed E-state index contributed by atoms with van der Waals surface area (Å²) in [6, 6.07) is 78.4. The van der Waals surface area contributed by atoms with Crippen molar-refractivity contribution in [3.05, 3.63) is 322 Å². The average molecular weight is 1440 g/mol. The third-order valence-electron chi connectivity index (χ3n) is 18.9. The van der Waals surface area contributed by atoms with Crippen LogP contribution in [0, 0.1) is 6.92 Å². The SMILES string of the molecule is CO[C@H]1O[C@H](COCc2ccccc2)[C@@H](OCc2ccccc2)[C@H](O[C@@H]2O[C@H](COCc3ccccc3)[C@@H](O[C@@H]3O[C@H](COCc4ccccc4)[C@@H](OCc4ccccc4)[C@H](OCc4ccccc4)[C@H]3OC(=O)c3ccc(C)cc3)[C@H](OC(C)=O)[C@H]2N2C(=O)c3ccccc3C2=O)[C@H]1OCc1ccccc1. The van der Waals surface area contributed by atoms with Gasteiger partial charge in [0.1, 0.15) is 61.0 Å². The first kappa shape index (κ1) is 74.8. The van der Waals surface area contributed by atoms with Gasteiger partial charge in [0.15, 0.2) is 31.1 Å². The molecule has 20 heteroatoms. The first-order valence-corrected chi connectivity index (χ1v) is 35.7. The Morgan fingerprint density at radius 2 is 0.689 bits per heavy atom. The second-order valence-electron chi connectivity index (χ2n) is 26.4. The molecule has 15 atom stereocenters. The van der Waals surface area contributed by atoms with E-state index in [1.54, 1.807) is 48.5 Å². The van der Waals surface area contributed by atoms with Gasteiger partial charge in [0, 0.05) is 14.0 Å². The number of carbonyl (C=O) groups is 4. The molecule has 3 saturated heterocycles. The van der Waals surface area contributed by atoms with Gasteiger partial charge in [-0.15, -0.1) is 0 Å². The number of carbonyl (C=O) groups excluding carboxylic acids is 4. The van der Waals surface area contributed by atoms with E-state index in [9.17, 15) is 4.79 Å². The second-order valence-corrected chi connectivity index (χ2v) is 26.4. The zero-order valence-electron chi connectivity index (χ0n) is 59.3. The molecule has 0 radical (unpaired) electrons. The molecule has 3 fully saturated rings. The zero-order valence-corrected chi connectivity index (χ0v) is 59.3. The van der Waals surface area contributed by atoms with E-state index in [0.717, 1.165) is 49.4 Å². The van der Waals surface area contributed by atoms with E-state index in [-0.39, 0.29) is 82.8 Å². The molecule has 4 heterocycles. The van der Waals surface area contributed by atoms with Crippen molar-refractivity contribution in [3.8, 4) is 0 Å². The summed E-state index contributed by atoms with van der Waals surface area (Å²) >= 11 is 0. The fourth-order valence-corrected chi connectivity index (χ4v) is 13.6. The minimum atomic E-state index is -1.78. The molecule has 0 spiro atoms. The Bertz CT molecular complexity index is 4170. The van der Waals surface area contributed by atoms with Crippen molar-refractivity contribution >= 4 is 23.8 Å². The summed E-state index contributed by atoms with van der Waals surface area (Å²) in [7, 11) is 1.48. The van der Waals surface area contributed by atoms with Crippen molar-refractivity contribution < 1.29 is 90.2 Å². The maximum Gasteiger partial charge on any atom is 0.338 e. The Morgan fingerprint density at radius 3 is 1.09 bits per heavy atom. The Kier molecular flexibility index (Phi) is 26.2. The number of rotatable bonds is 33. The van der Waals surface area contributed by atoms with E-state index < -0.39 is 116 Å². The smallest absolute Gasteiger partial charge is 0.338 e. The Morgan fingerprint density at radius 1 is 0.349 bits per heavy atom. The fraction of sp³-hybridized carbons (Fsp3) is 0.326. The van der Waals surface area contributed by atoms with Crippen LogP contribution in [0.1, 0.15) is 82.5 Å². The highest BCUT2D eigenvalue weighted by Crippen LogP contribution is 2.42. The molecule has 106 heavy (non-hydrogen) atoms. The van der Waals surface area contributed by atoms with Crippen molar-refractivity contribution in [2.24, 2.45) is 0 Å². The number of esters is 2. The number of methoxy groups -OCH3 is 1. The van der Waals surface area contributed by atoms with Crippen LogP contribution in [-0.2, 0) is 122 Å². The summed E-state index contributed by atoms with van der Waals surface area (Å²) in [5, 5.41) is 0. The molecule has 2 amide bonds. The number of hydrogen-bond acceptors (Lipinski definition) is 19. The van der Waals surface area contributed by atoms with Crippen molar-refractivity contribution in [1.82, 2.24) is 4.90 Å². The number of nitrogens with zero attached hydrogens (tertiary/aromatic N) is 1. The van der Waals surface area contributed by atoms with Crippen molar-refractivity contribution in [3.63, 3.8) is 0 Å². The van der Waals surface area contributed by atoms with Crippen LogP contribution >= 0.6 is 0 Å². The fourth-order valence-electron chi connectivity index (χ4n) is 13.6. The monoisotopic (exact) mass is 1440 g/mol. The standard InChI is InChI=1S/C86H87NO19/c1-57-43-45-66(46-44-57)83(91)104-80-77(98-52-64-37-21-9-22-38-64)73(96-50-62-33-17-7-18-34-62)69(54-93-47-59-27-11-4-12-28-59)103-86(80)105-75-71(56-95-49-61-31-15-6-16-32-61)101-84(72(76(75)100-58(2)88)87-81(89)67-41-25-26-42-68(67)82(87)90)106-78-74(97-51-63-35-19-8-20-36-63)70(55-94-48-60-29-13-5-14-30-60)102-85(92-3)79(78)99-53-65-39-23-10-24-40-65/h4-46,69-80,84-86H,47-56H2,1-3H3/t69-,70-,71-,72-,73-,74-,75-,76-,77+,78+,79-,80-,84+,85+,86+/m1/s1. The van der Waals surface area contributed by atoms with Crippen LogP contribution in [0.4, 0.5) is 0 Å². The number of hydrogen-bond donors (Lipinski definition) is 0. The first-order chi connectivity index (χ1) is 52.0. The molecule has 13 rings (SSSR count). The first-order valence-electron chi connectivity index (χ1n) is 35.7. The summed E-state index contributed by atoms with van der Waals surface area (Å²) in [5.41, 5.74) is 7.01. The number of ether oxygens (including phenoxy) is 15. The lowest BCUT2D eigenvalue weighted by molar-refractivity contribution is -0.378. The van der Waals surface area contributed by atoms with E-state index in [2.05, 4.69) is 0 Å². The largest absolute Gasteiger partial charge is 0.457 e. The van der Waals surface area contributed by atoms with Crippen molar-refractivity contribution in [2.75, 3.05) is 26.9 Å². The van der Waals surface area contributed by atoms with Crippen LogP contribution in [0.25, 0.3) is 0 Å². The second kappa shape index (κ2) is 37.2. The lowest BCUT2D eigenvalue weighted by atomic mass is 9.93. The zero-order chi connectivity index (χ0) is 73.0. The van der Waals surface area contributed by atoms with Crippen molar-refractivity contribution in [2.45, 2.75) is 152 Å². The van der Waals surface area contributed by atoms with Crippen LogP contribution < -0.4 is 0 Å². The summed E-state index contributed by atoms with van der Waals surface area (Å²) < 4.78 is 105. The molecule has 0 saturated carbocycles. The Labute approximate surface area is 617 Å². The molecular formula is C86H87NO19. The molecule has 0 aromatic heterocycles. The molecule has 20 nitrogen and oxygen atoms in total. The summed E-state index contributed by atoms with van der Waals surface area (Å²) in [5.74, 6) is -3.14. The highest BCUT2D eigenvalue weighted by atomic mass is 16.8. The summed E-state index contributed by atoms with van der Waals surface area (Å²) in [6.07, 6.45) is -18.9. The molecule has 550 valence electrons. The summed E-state index contributed by atoms with van der Waals surface area (Å²) in [6.45, 7) is 3.09. The predicted octanol–water partition coefficient (Wildman–Crippen LogP) is 12.7.